The van der Waals surface area contributed by atoms with Crippen molar-refractivity contribution in [1.82, 2.24) is 15.2 Å². The maximum absolute atomic E-state index is 12.6. The smallest absolute Gasteiger partial charge is 0.417 e. The molecule has 3 rings (SSSR count). The lowest BCUT2D eigenvalue weighted by Gasteiger charge is -2.07. The molecule has 3 aromatic rings. The SMILES string of the molecule is FC(F)(F)c1cnc(-c2nnc(COc3cccc(Cl)c3)o2)c(Cl)c1. The third kappa shape index (κ3) is 4.21. The Labute approximate surface area is 149 Å². The first-order valence-electron chi connectivity index (χ1n) is 6.77. The van der Waals surface area contributed by atoms with Crippen LogP contribution in [0.25, 0.3) is 11.6 Å². The zero-order valence-corrected chi connectivity index (χ0v) is 13.7. The Kier molecular flexibility index (Phi) is 4.82. The molecule has 0 N–H and O–H groups in total. The minimum absolute atomic E-state index is 0.0452. The number of halogens is 5. The Balaban J connectivity index is 1.75. The molecule has 0 aliphatic rings. The Morgan fingerprint density at radius 2 is 1.92 bits per heavy atom. The van der Waals surface area contributed by atoms with E-state index in [1.54, 1.807) is 24.3 Å². The summed E-state index contributed by atoms with van der Waals surface area (Å²) in [4.78, 5) is 3.65. The summed E-state index contributed by atoms with van der Waals surface area (Å²) >= 11 is 11.7. The van der Waals surface area contributed by atoms with Crippen molar-refractivity contribution < 1.29 is 22.3 Å². The minimum Gasteiger partial charge on any atom is -0.484 e. The quantitative estimate of drug-likeness (QED) is 0.625. The lowest BCUT2D eigenvalue weighted by molar-refractivity contribution is -0.137. The highest BCUT2D eigenvalue weighted by molar-refractivity contribution is 6.32. The van der Waals surface area contributed by atoms with Crippen molar-refractivity contribution in [2.24, 2.45) is 0 Å². The molecule has 0 saturated heterocycles. The Hall–Kier alpha value is -2.32. The summed E-state index contributed by atoms with van der Waals surface area (Å²) < 4.78 is 48.6. The number of alkyl halides is 3. The largest absolute Gasteiger partial charge is 0.484 e. The highest BCUT2D eigenvalue weighted by Crippen LogP contribution is 2.33. The molecule has 130 valence electrons. The van der Waals surface area contributed by atoms with Gasteiger partial charge in [0.15, 0.2) is 6.61 Å². The normalized spacial score (nSPS) is 11.6. The standard InChI is InChI=1S/C15H8Cl2F3N3O2/c16-9-2-1-3-10(5-9)24-7-12-22-23-14(25-12)13-11(17)4-8(6-21-13)15(18,19)20/h1-6H,7H2. The van der Waals surface area contributed by atoms with Gasteiger partial charge in [-0.05, 0) is 24.3 Å². The van der Waals surface area contributed by atoms with Gasteiger partial charge in [0, 0.05) is 11.2 Å². The molecule has 0 fully saturated rings. The van der Waals surface area contributed by atoms with E-state index in [0.29, 0.717) is 17.0 Å². The van der Waals surface area contributed by atoms with Crippen molar-refractivity contribution in [3.63, 3.8) is 0 Å². The first kappa shape index (κ1) is 17.5. The number of hydrogen-bond acceptors (Lipinski definition) is 5. The van der Waals surface area contributed by atoms with Crippen LogP contribution in [0.4, 0.5) is 13.2 Å². The molecule has 5 nitrogen and oxygen atoms in total. The molecule has 0 radical (unpaired) electrons. The highest BCUT2D eigenvalue weighted by atomic mass is 35.5. The Bertz CT molecular complexity index is 900. The van der Waals surface area contributed by atoms with E-state index in [1.807, 2.05) is 0 Å². The average Bonchev–Trinajstić information content (AvgIpc) is 3.01. The number of benzene rings is 1. The third-order valence-corrected chi connectivity index (χ3v) is 3.52. The number of rotatable bonds is 4. The lowest BCUT2D eigenvalue weighted by atomic mass is 10.2. The molecular formula is C15H8Cl2F3N3O2. The summed E-state index contributed by atoms with van der Waals surface area (Å²) in [5.74, 6) is 0.495. The van der Waals surface area contributed by atoms with E-state index in [1.165, 1.54) is 0 Å². The van der Waals surface area contributed by atoms with Crippen molar-refractivity contribution in [2.75, 3.05) is 0 Å². The molecule has 0 aliphatic heterocycles. The molecule has 0 aliphatic carbocycles. The van der Waals surface area contributed by atoms with E-state index in [-0.39, 0.29) is 29.1 Å². The van der Waals surface area contributed by atoms with Crippen LogP contribution in [0.1, 0.15) is 11.5 Å². The molecule has 0 spiro atoms. The topological polar surface area (TPSA) is 61.0 Å². The molecule has 25 heavy (non-hydrogen) atoms. The van der Waals surface area contributed by atoms with Gasteiger partial charge in [0.05, 0.1) is 10.6 Å². The van der Waals surface area contributed by atoms with Crippen LogP contribution in [0, 0.1) is 0 Å². The minimum atomic E-state index is -4.54. The zero-order valence-electron chi connectivity index (χ0n) is 12.2. The summed E-state index contributed by atoms with van der Waals surface area (Å²) in [6, 6.07) is 7.45. The van der Waals surface area contributed by atoms with Crippen LogP contribution in [0.2, 0.25) is 10.0 Å². The van der Waals surface area contributed by atoms with Gasteiger partial charge in [0.25, 0.3) is 11.8 Å². The van der Waals surface area contributed by atoms with Gasteiger partial charge < -0.3 is 9.15 Å². The first-order chi connectivity index (χ1) is 11.8. The van der Waals surface area contributed by atoms with Crippen LogP contribution in [-0.2, 0) is 12.8 Å². The van der Waals surface area contributed by atoms with Crippen LogP contribution in [-0.4, -0.2) is 15.2 Å². The summed E-state index contributed by atoms with van der Waals surface area (Å²) in [6.45, 7) is -0.0500. The number of pyridine rings is 1. The molecular weight excluding hydrogens is 382 g/mol. The fourth-order valence-electron chi connectivity index (χ4n) is 1.86. The summed E-state index contributed by atoms with van der Waals surface area (Å²) in [7, 11) is 0. The molecule has 2 aromatic heterocycles. The summed E-state index contributed by atoms with van der Waals surface area (Å²) in [5.41, 5.74) is -1.01. The van der Waals surface area contributed by atoms with Crippen LogP contribution < -0.4 is 4.74 Å². The van der Waals surface area contributed by atoms with Gasteiger partial charge in [-0.1, -0.05) is 29.3 Å². The molecule has 0 atom stereocenters. The predicted molar refractivity (Wildman–Crippen MR) is 83.3 cm³/mol. The van der Waals surface area contributed by atoms with E-state index in [4.69, 9.17) is 32.4 Å². The molecule has 0 bridgehead atoms. The zero-order chi connectivity index (χ0) is 18.0. The highest BCUT2D eigenvalue weighted by Gasteiger charge is 2.32. The van der Waals surface area contributed by atoms with Gasteiger partial charge in [-0.25, -0.2) is 4.98 Å². The maximum Gasteiger partial charge on any atom is 0.417 e. The van der Waals surface area contributed by atoms with Crippen molar-refractivity contribution in [1.29, 1.82) is 0 Å². The lowest BCUT2D eigenvalue weighted by Crippen LogP contribution is -2.05. The maximum atomic E-state index is 12.6. The van der Waals surface area contributed by atoms with Crippen LogP contribution in [0.3, 0.4) is 0 Å². The van der Waals surface area contributed by atoms with Crippen molar-refractivity contribution in [3.8, 4) is 17.3 Å². The first-order valence-corrected chi connectivity index (χ1v) is 7.52. The second-order valence-electron chi connectivity index (χ2n) is 4.80. The average molecular weight is 390 g/mol. The van der Waals surface area contributed by atoms with Gasteiger partial charge in [0.1, 0.15) is 11.4 Å². The van der Waals surface area contributed by atoms with E-state index in [0.717, 1.165) is 6.07 Å². The van der Waals surface area contributed by atoms with Crippen LogP contribution in [0.15, 0.2) is 40.9 Å². The van der Waals surface area contributed by atoms with Gasteiger partial charge in [-0.2, -0.15) is 13.2 Å². The molecule has 0 unspecified atom stereocenters. The summed E-state index contributed by atoms with van der Waals surface area (Å²) in [5, 5.41) is 7.72. The van der Waals surface area contributed by atoms with E-state index < -0.39 is 11.7 Å². The van der Waals surface area contributed by atoms with Crippen LogP contribution >= 0.6 is 23.2 Å². The van der Waals surface area contributed by atoms with Gasteiger partial charge in [0.2, 0.25) is 0 Å². The molecule has 0 saturated carbocycles. The van der Waals surface area contributed by atoms with E-state index in [9.17, 15) is 13.2 Å². The van der Waals surface area contributed by atoms with Gasteiger partial charge in [-0.15, -0.1) is 10.2 Å². The van der Waals surface area contributed by atoms with Gasteiger partial charge in [-0.3, -0.25) is 0 Å². The second-order valence-corrected chi connectivity index (χ2v) is 5.64. The fraction of sp³-hybridized carbons (Fsp3) is 0.133. The molecule has 1 aromatic carbocycles. The predicted octanol–water partition coefficient (Wildman–Crippen LogP) is 5.04. The Morgan fingerprint density at radius 1 is 1.12 bits per heavy atom. The third-order valence-electron chi connectivity index (χ3n) is 3.00. The fourth-order valence-corrected chi connectivity index (χ4v) is 2.29. The van der Waals surface area contributed by atoms with Crippen LogP contribution in [0.5, 0.6) is 5.75 Å². The number of nitrogens with zero attached hydrogens (tertiary/aromatic N) is 3. The van der Waals surface area contributed by atoms with E-state index >= 15 is 0 Å². The number of hydrogen-bond donors (Lipinski definition) is 0. The molecule has 10 heteroatoms. The number of aromatic nitrogens is 3. The van der Waals surface area contributed by atoms with Crippen molar-refractivity contribution in [3.05, 3.63) is 58.0 Å². The number of ether oxygens (including phenoxy) is 1. The van der Waals surface area contributed by atoms with Crippen molar-refractivity contribution in [2.45, 2.75) is 12.8 Å². The van der Waals surface area contributed by atoms with Gasteiger partial charge >= 0.3 is 6.18 Å². The van der Waals surface area contributed by atoms with E-state index in [2.05, 4.69) is 15.2 Å². The summed E-state index contributed by atoms with van der Waals surface area (Å²) in [6.07, 6.45) is -3.90. The molecule has 2 heterocycles. The molecule has 0 amide bonds. The monoisotopic (exact) mass is 389 g/mol. The second kappa shape index (κ2) is 6.89. The van der Waals surface area contributed by atoms with Crippen molar-refractivity contribution >= 4 is 23.2 Å². The Morgan fingerprint density at radius 3 is 2.60 bits per heavy atom.